The number of carbonyl (C=O) groups is 3. The number of aryl methyl sites for hydroxylation is 1. The molecule has 0 radical (unpaired) electrons. The molecule has 2 aliphatic heterocycles. The highest BCUT2D eigenvalue weighted by atomic mass is 19.3. The van der Waals surface area contributed by atoms with Gasteiger partial charge in [0.1, 0.15) is 29.9 Å². The third-order valence-electron chi connectivity index (χ3n) is 9.78. The average molecular weight is 630 g/mol. The fourth-order valence-electron chi connectivity index (χ4n) is 7.29. The molecule has 2 bridgehead atoms. The van der Waals surface area contributed by atoms with E-state index < -0.39 is 30.1 Å². The van der Waals surface area contributed by atoms with Crippen molar-refractivity contribution in [3.05, 3.63) is 23.9 Å². The number of halogens is 2. The van der Waals surface area contributed by atoms with E-state index in [1.807, 2.05) is 27.7 Å². The second-order valence-corrected chi connectivity index (χ2v) is 13.8. The summed E-state index contributed by atoms with van der Waals surface area (Å²) in [4.78, 5) is 51.1. The zero-order chi connectivity index (χ0) is 32.3. The maximum Gasteiger partial charge on any atom is 0.387 e. The molecular formula is C34H45F2N3O6. The molecule has 1 aromatic carbocycles. The third kappa shape index (κ3) is 7.55. The molecule has 0 spiro atoms. The number of benzene rings is 1. The number of fused-ring (bicyclic) bond motifs is 5. The van der Waals surface area contributed by atoms with E-state index >= 15 is 0 Å². The number of esters is 1. The summed E-state index contributed by atoms with van der Waals surface area (Å²) >= 11 is 0. The number of alkyl halides is 2. The molecule has 2 fully saturated rings. The Morgan fingerprint density at radius 2 is 1.80 bits per heavy atom. The fourth-order valence-corrected chi connectivity index (χ4v) is 7.29. The zero-order valence-electron chi connectivity index (χ0n) is 26.7. The van der Waals surface area contributed by atoms with Crippen LogP contribution in [-0.2, 0) is 25.5 Å². The van der Waals surface area contributed by atoms with Gasteiger partial charge in [-0.2, -0.15) is 8.78 Å². The first kappa shape index (κ1) is 33.0. The van der Waals surface area contributed by atoms with Gasteiger partial charge in [0.25, 0.3) is 0 Å². The van der Waals surface area contributed by atoms with Crippen LogP contribution in [0.25, 0.3) is 11.0 Å². The lowest BCUT2D eigenvalue weighted by Gasteiger charge is -2.34. The van der Waals surface area contributed by atoms with Crippen molar-refractivity contribution in [1.29, 1.82) is 0 Å². The van der Waals surface area contributed by atoms with E-state index in [-0.39, 0.29) is 48.5 Å². The van der Waals surface area contributed by atoms with Crippen LogP contribution in [-0.4, -0.2) is 64.4 Å². The molecule has 3 aliphatic rings. The van der Waals surface area contributed by atoms with Crippen molar-refractivity contribution in [3.63, 3.8) is 0 Å². The van der Waals surface area contributed by atoms with E-state index in [1.165, 1.54) is 12.1 Å². The fraction of sp³-hybridized carbons (Fsp3) is 0.676. The summed E-state index contributed by atoms with van der Waals surface area (Å²) in [5.41, 5.74) is 0.965. The molecule has 1 aromatic heterocycles. The largest absolute Gasteiger partial charge is 0.471 e. The Hall–Kier alpha value is -3.37. The summed E-state index contributed by atoms with van der Waals surface area (Å²) in [6, 6.07) is 3.71. The molecule has 3 heterocycles. The Labute approximate surface area is 263 Å². The standard InChI is InChI=1S/C34H45F2N3O6/c1-5-22-27(19-40)39-18-29(22)45-31-25(37-24-15-14-21(43-33(35)36)16-26(24)38-31)12-8-6-7-10-20-11-9-13-28(20)44-30(41)17-23(32(39)42)34(2,3)4/h14-16,19-20,22-23,27-29,33H,5-13,17-18H2,1-4H3/t20-,22+,23-,27-,28-,29+/m1/s1. The van der Waals surface area contributed by atoms with Gasteiger partial charge >= 0.3 is 12.6 Å². The van der Waals surface area contributed by atoms with Crippen molar-refractivity contribution >= 4 is 29.2 Å². The lowest BCUT2D eigenvalue weighted by molar-refractivity contribution is -0.157. The normalized spacial score (nSPS) is 28.6. The smallest absolute Gasteiger partial charge is 0.387 e. The van der Waals surface area contributed by atoms with Crippen LogP contribution in [0.1, 0.15) is 91.2 Å². The Bertz CT molecular complexity index is 1380. The first-order valence-corrected chi connectivity index (χ1v) is 16.4. The summed E-state index contributed by atoms with van der Waals surface area (Å²) in [7, 11) is 0. The lowest BCUT2D eigenvalue weighted by Crippen LogP contribution is -2.46. The van der Waals surface area contributed by atoms with E-state index in [1.54, 1.807) is 11.0 Å². The van der Waals surface area contributed by atoms with Crippen molar-refractivity contribution < 1.29 is 37.4 Å². The predicted octanol–water partition coefficient (Wildman–Crippen LogP) is 6.30. The second-order valence-electron chi connectivity index (χ2n) is 13.8. The number of aldehydes is 1. The minimum atomic E-state index is -2.98. The number of hydrogen-bond acceptors (Lipinski definition) is 8. The quantitative estimate of drug-likeness (QED) is 0.287. The highest BCUT2D eigenvalue weighted by molar-refractivity contribution is 5.87. The number of ether oxygens (including phenoxy) is 3. The Balaban J connectivity index is 1.52. The first-order chi connectivity index (χ1) is 21.5. The number of rotatable bonds is 4. The topological polar surface area (TPSA) is 108 Å². The van der Waals surface area contributed by atoms with E-state index in [0.29, 0.717) is 35.5 Å². The molecule has 246 valence electrons. The number of amides is 1. The van der Waals surface area contributed by atoms with Crippen LogP contribution < -0.4 is 9.47 Å². The van der Waals surface area contributed by atoms with Gasteiger partial charge in [-0.15, -0.1) is 0 Å². The van der Waals surface area contributed by atoms with Crippen LogP contribution in [0.4, 0.5) is 8.78 Å². The maximum absolute atomic E-state index is 14.2. The van der Waals surface area contributed by atoms with Gasteiger partial charge < -0.3 is 23.9 Å². The molecule has 9 nitrogen and oxygen atoms in total. The lowest BCUT2D eigenvalue weighted by atomic mass is 9.77. The van der Waals surface area contributed by atoms with Crippen LogP contribution in [0.2, 0.25) is 0 Å². The summed E-state index contributed by atoms with van der Waals surface area (Å²) in [5, 5.41) is 0. The Morgan fingerprint density at radius 3 is 2.51 bits per heavy atom. The minimum absolute atomic E-state index is 0.0333. The zero-order valence-corrected chi connectivity index (χ0v) is 26.7. The average Bonchev–Trinajstić information content (AvgIpc) is 3.57. The molecule has 1 amide bonds. The van der Waals surface area contributed by atoms with Crippen LogP contribution in [0.15, 0.2) is 18.2 Å². The van der Waals surface area contributed by atoms with Crippen molar-refractivity contribution in [3.8, 4) is 11.6 Å². The van der Waals surface area contributed by atoms with E-state index in [9.17, 15) is 23.2 Å². The molecule has 11 heteroatoms. The highest BCUT2D eigenvalue weighted by Gasteiger charge is 2.48. The number of hydrogen-bond donors (Lipinski definition) is 0. The van der Waals surface area contributed by atoms with E-state index in [0.717, 1.165) is 51.2 Å². The van der Waals surface area contributed by atoms with Crippen LogP contribution in [0.5, 0.6) is 11.6 Å². The van der Waals surface area contributed by atoms with Gasteiger partial charge in [-0.1, -0.05) is 40.5 Å². The van der Waals surface area contributed by atoms with Gasteiger partial charge in [0.2, 0.25) is 11.8 Å². The number of nitrogens with zero attached hydrogens (tertiary/aromatic N) is 3. The molecule has 1 saturated heterocycles. The maximum atomic E-state index is 14.2. The molecule has 6 atom stereocenters. The summed E-state index contributed by atoms with van der Waals surface area (Å²) < 4.78 is 43.0. The summed E-state index contributed by atoms with van der Waals surface area (Å²) in [6.07, 6.45) is 7.75. The Kier molecular flexibility index (Phi) is 10.2. The SMILES string of the molecule is CC[C@@H]1[C@@H]2CN(C(=O)[C@H](C(C)(C)C)CC(=O)O[C@@H]3CCC[C@H]3CCCCCc3nc4ccc(OC(F)F)cc4nc3O2)[C@@H]1C=O. The highest BCUT2D eigenvalue weighted by Crippen LogP contribution is 2.39. The molecule has 5 rings (SSSR count). The van der Waals surface area contributed by atoms with Gasteiger partial charge in [0.15, 0.2) is 0 Å². The molecule has 1 aliphatic carbocycles. The number of aromatic nitrogens is 2. The second kappa shape index (κ2) is 14.0. The van der Waals surface area contributed by atoms with Crippen LogP contribution in [0.3, 0.4) is 0 Å². The molecule has 0 N–H and O–H groups in total. The third-order valence-corrected chi connectivity index (χ3v) is 9.78. The van der Waals surface area contributed by atoms with Crippen molar-refractivity contribution in [1.82, 2.24) is 14.9 Å². The van der Waals surface area contributed by atoms with Crippen LogP contribution in [0, 0.1) is 23.2 Å². The van der Waals surface area contributed by atoms with E-state index in [2.05, 4.69) is 4.74 Å². The Morgan fingerprint density at radius 1 is 1.02 bits per heavy atom. The van der Waals surface area contributed by atoms with E-state index in [4.69, 9.17) is 19.4 Å². The van der Waals surface area contributed by atoms with Crippen molar-refractivity contribution in [2.45, 2.75) is 117 Å². The molecule has 1 saturated carbocycles. The van der Waals surface area contributed by atoms with Crippen molar-refractivity contribution in [2.75, 3.05) is 6.54 Å². The number of carbonyl (C=O) groups excluding carboxylic acids is 3. The van der Waals surface area contributed by atoms with Crippen molar-refractivity contribution in [2.24, 2.45) is 23.2 Å². The first-order valence-electron chi connectivity index (χ1n) is 16.4. The predicted molar refractivity (Wildman–Crippen MR) is 163 cm³/mol. The summed E-state index contributed by atoms with van der Waals surface area (Å²) in [5.74, 6) is -1.12. The molecular weight excluding hydrogens is 584 g/mol. The van der Waals surface area contributed by atoms with Gasteiger partial charge in [-0.05, 0) is 68.4 Å². The summed E-state index contributed by atoms with van der Waals surface area (Å²) in [6.45, 7) is 4.88. The molecule has 2 aromatic rings. The van der Waals surface area contributed by atoms with Gasteiger partial charge in [0, 0.05) is 12.0 Å². The molecule has 0 unspecified atom stereocenters. The van der Waals surface area contributed by atoms with Gasteiger partial charge in [-0.25, -0.2) is 9.97 Å². The van der Waals surface area contributed by atoms with Gasteiger partial charge in [0.05, 0.1) is 36.0 Å². The monoisotopic (exact) mass is 629 g/mol. The molecule has 45 heavy (non-hydrogen) atoms. The van der Waals surface area contributed by atoms with Crippen LogP contribution >= 0.6 is 0 Å². The minimum Gasteiger partial charge on any atom is -0.471 e. The van der Waals surface area contributed by atoms with Gasteiger partial charge in [-0.3, -0.25) is 9.59 Å².